The second-order valence-electron chi connectivity index (χ2n) is 4.61. The van der Waals surface area contributed by atoms with Gasteiger partial charge in [0, 0.05) is 32.4 Å². The van der Waals surface area contributed by atoms with Crippen LogP contribution in [0.1, 0.15) is 10.5 Å². The fraction of sp³-hybridized carbons (Fsp3) is 0.500. The van der Waals surface area contributed by atoms with E-state index in [1.807, 2.05) is 4.90 Å². The smallest absolute Gasteiger partial charge is 0.269 e. The standard InChI is InChI=1S/C12H16ClN3O3S/c13-10-1-2-11(15-9-10)12(17)14-3-4-16-5-7-20(18,19)8-6-16/h1-2,9H,3-8H2,(H,14,17). The molecular weight excluding hydrogens is 302 g/mol. The predicted molar refractivity (Wildman–Crippen MR) is 76.7 cm³/mol. The van der Waals surface area contributed by atoms with Gasteiger partial charge in [0.2, 0.25) is 0 Å². The summed E-state index contributed by atoms with van der Waals surface area (Å²) in [5, 5.41) is 3.23. The Morgan fingerprint density at radius 2 is 2.05 bits per heavy atom. The van der Waals surface area contributed by atoms with Crippen LogP contribution < -0.4 is 5.32 Å². The van der Waals surface area contributed by atoms with E-state index in [0.717, 1.165) is 0 Å². The van der Waals surface area contributed by atoms with Crippen molar-refractivity contribution in [3.8, 4) is 0 Å². The molecule has 0 aliphatic carbocycles. The molecule has 1 amide bonds. The van der Waals surface area contributed by atoms with E-state index in [4.69, 9.17) is 11.6 Å². The maximum Gasteiger partial charge on any atom is 0.269 e. The molecule has 0 unspecified atom stereocenters. The fourth-order valence-corrected chi connectivity index (χ4v) is 3.29. The highest BCUT2D eigenvalue weighted by Gasteiger charge is 2.21. The average Bonchev–Trinajstić information content (AvgIpc) is 2.41. The average molecular weight is 318 g/mol. The van der Waals surface area contributed by atoms with Gasteiger partial charge in [-0.3, -0.25) is 9.69 Å². The molecule has 1 fully saturated rings. The highest BCUT2D eigenvalue weighted by Crippen LogP contribution is 2.06. The maximum atomic E-state index is 11.8. The molecule has 0 saturated carbocycles. The summed E-state index contributed by atoms with van der Waals surface area (Å²) >= 11 is 5.70. The molecule has 0 aromatic carbocycles. The van der Waals surface area contributed by atoms with Crippen molar-refractivity contribution in [1.29, 1.82) is 0 Å². The van der Waals surface area contributed by atoms with Gasteiger partial charge in [-0.05, 0) is 12.1 Å². The Kier molecular flexibility index (Phi) is 4.95. The van der Waals surface area contributed by atoms with Gasteiger partial charge in [-0.2, -0.15) is 0 Å². The summed E-state index contributed by atoms with van der Waals surface area (Å²) in [4.78, 5) is 17.7. The molecule has 2 rings (SSSR count). The first-order valence-electron chi connectivity index (χ1n) is 6.29. The number of nitrogens with one attached hydrogen (secondary N) is 1. The number of rotatable bonds is 4. The summed E-state index contributed by atoms with van der Waals surface area (Å²) in [6.07, 6.45) is 1.42. The van der Waals surface area contributed by atoms with Crippen LogP contribution >= 0.6 is 11.6 Å². The lowest BCUT2D eigenvalue weighted by Crippen LogP contribution is -2.43. The summed E-state index contributed by atoms with van der Waals surface area (Å²) in [6, 6.07) is 3.17. The molecule has 1 saturated heterocycles. The van der Waals surface area contributed by atoms with Crippen molar-refractivity contribution in [1.82, 2.24) is 15.2 Å². The van der Waals surface area contributed by atoms with Crippen molar-refractivity contribution in [2.75, 3.05) is 37.7 Å². The molecule has 20 heavy (non-hydrogen) atoms. The van der Waals surface area contributed by atoms with Crippen molar-refractivity contribution < 1.29 is 13.2 Å². The molecule has 6 nitrogen and oxygen atoms in total. The number of carbonyl (C=O) groups excluding carboxylic acids is 1. The zero-order valence-electron chi connectivity index (χ0n) is 10.9. The molecule has 0 atom stereocenters. The summed E-state index contributed by atoms with van der Waals surface area (Å²) in [7, 11) is -2.86. The topological polar surface area (TPSA) is 79.4 Å². The summed E-state index contributed by atoms with van der Waals surface area (Å²) in [6.45, 7) is 2.15. The lowest BCUT2D eigenvalue weighted by Gasteiger charge is -2.26. The molecule has 1 aliphatic heterocycles. The van der Waals surface area contributed by atoms with Crippen molar-refractivity contribution in [2.24, 2.45) is 0 Å². The van der Waals surface area contributed by atoms with Gasteiger partial charge >= 0.3 is 0 Å². The number of halogens is 1. The van der Waals surface area contributed by atoms with Gasteiger partial charge < -0.3 is 5.32 Å². The van der Waals surface area contributed by atoms with Crippen LogP contribution in [0, 0.1) is 0 Å². The van der Waals surface area contributed by atoms with E-state index < -0.39 is 9.84 Å². The minimum atomic E-state index is -2.86. The van der Waals surface area contributed by atoms with Crippen molar-refractivity contribution in [3.05, 3.63) is 29.0 Å². The number of amides is 1. The van der Waals surface area contributed by atoms with E-state index in [1.165, 1.54) is 6.20 Å². The Bertz CT molecular complexity index is 560. The van der Waals surface area contributed by atoms with Gasteiger partial charge in [-0.25, -0.2) is 13.4 Å². The minimum Gasteiger partial charge on any atom is -0.349 e. The Hall–Kier alpha value is -1.18. The third-order valence-electron chi connectivity index (χ3n) is 3.11. The normalized spacial score (nSPS) is 18.6. The van der Waals surface area contributed by atoms with Crippen molar-refractivity contribution >= 4 is 27.3 Å². The predicted octanol–water partition coefficient (Wildman–Crippen LogP) is 0.195. The van der Waals surface area contributed by atoms with Crippen LogP contribution in [-0.4, -0.2) is 61.9 Å². The summed E-state index contributed by atoms with van der Waals surface area (Å²) in [5.41, 5.74) is 0.315. The van der Waals surface area contributed by atoms with E-state index >= 15 is 0 Å². The van der Waals surface area contributed by atoms with E-state index in [2.05, 4.69) is 10.3 Å². The van der Waals surface area contributed by atoms with Crippen LogP contribution in [0.2, 0.25) is 5.02 Å². The van der Waals surface area contributed by atoms with Gasteiger partial charge in [-0.1, -0.05) is 11.6 Å². The first-order valence-corrected chi connectivity index (χ1v) is 8.49. The van der Waals surface area contributed by atoms with Crippen LogP contribution in [0.3, 0.4) is 0 Å². The van der Waals surface area contributed by atoms with Gasteiger partial charge in [0.15, 0.2) is 9.84 Å². The molecular formula is C12H16ClN3O3S. The van der Waals surface area contributed by atoms with Crippen LogP contribution in [0.25, 0.3) is 0 Å². The second kappa shape index (κ2) is 6.51. The van der Waals surface area contributed by atoms with Crippen LogP contribution in [0.15, 0.2) is 18.3 Å². The minimum absolute atomic E-state index is 0.194. The number of carbonyl (C=O) groups is 1. The molecule has 2 heterocycles. The molecule has 1 aromatic rings. The lowest BCUT2D eigenvalue weighted by molar-refractivity contribution is 0.0943. The Balaban J connectivity index is 1.73. The first kappa shape index (κ1) is 15.2. The fourth-order valence-electron chi connectivity index (χ4n) is 1.90. The van der Waals surface area contributed by atoms with E-state index in [-0.39, 0.29) is 17.4 Å². The molecule has 0 bridgehead atoms. The van der Waals surface area contributed by atoms with Crippen LogP contribution in [0.5, 0.6) is 0 Å². The lowest BCUT2D eigenvalue weighted by atomic mass is 10.3. The highest BCUT2D eigenvalue weighted by molar-refractivity contribution is 7.91. The van der Waals surface area contributed by atoms with E-state index in [9.17, 15) is 13.2 Å². The molecule has 1 aliphatic rings. The van der Waals surface area contributed by atoms with Gasteiger partial charge in [0.25, 0.3) is 5.91 Å². The van der Waals surface area contributed by atoms with Crippen LogP contribution in [0.4, 0.5) is 0 Å². The molecule has 1 aromatic heterocycles. The Morgan fingerprint density at radius 3 is 2.65 bits per heavy atom. The van der Waals surface area contributed by atoms with Gasteiger partial charge in [0.05, 0.1) is 16.5 Å². The quantitative estimate of drug-likeness (QED) is 0.858. The highest BCUT2D eigenvalue weighted by atomic mass is 35.5. The third kappa shape index (κ3) is 4.43. The number of sulfone groups is 1. The zero-order chi connectivity index (χ0) is 14.6. The monoisotopic (exact) mass is 317 g/mol. The molecule has 0 spiro atoms. The van der Waals surface area contributed by atoms with E-state index in [1.54, 1.807) is 12.1 Å². The molecule has 0 radical (unpaired) electrons. The van der Waals surface area contributed by atoms with Crippen molar-refractivity contribution in [2.45, 2.75) is 0 Å². The third-order valence-corrected chi connectivity index (χ3v) is 4.94. The SMILES string of the molecule is O=C(NCCN1CCS(=O)(=O)CC1)c1ccc(Cl)cn1. The number of nitrogens with zero attached hydrogens (tertiary/aromatic N) is 2. The Labute approximate surface area is 123 Å². The largest absolute Gasteiger partial charge is 0.349 e. The molecule has 1 N–H and O–H groups in total. The molecule has 8 heteroatoms. The molecule has 110 valence electrons. The maximum absolute atomic E-state index is 11.8. The van der Waals surface area contributed by atoms with Gasteiger partial charge in [-0.15, -0.1) is 0 Å². The zero-order valence-corrected chi connectivity index (χ0v) is 12.5. The number of pyridine rings is 1. The summed E-state index contributed by atoms with van der Waals surface area (Å²) in [5.74, 6) is 0.130. The van der Waals surface area contributed by atoms with E-state index in [0.29, 0.717) is 36.9 Å². The first-order chi connectivity index (χ1) is 9.46. The van der Waals surface area contributed by atoms with Crippen molar-refractivity contribution in [3.63, 3.8) is 0 Å². The number of hydrogen-bond donors (Lipinski definition) is 1. The van der Waals surface area contributed by atoms with Gasteiger partial charge in [0.1, 0.15) is 5.69 Å². The number of aromatic nitrogens is 1. The number of hydrogen-bond acceptors (Lipinski definition) is 5. The second-order valence-corrected chi connectivity index (χ2v) is 7.35. The Morgan fingerprint density at radius 1 is 1.35 bits per heavy atom. The summed E-state index contributed by atoms with van der Waals surface area (Å²) < 4.78 is 22.6. The van der Waals surface area contributed by atoms with Crippen LogP contribution in [-0.2, 0) is 9.84 Å².